The predicted molar refractivity (Wildman–Crippen MR) is 105 cm³/mol. The number of aryl methyl sites for hydroxylation is 1. The van der Waals surface area contributed by atoms with Gasteiger partial charge in [-0.05, 0) is 30.4 Å². The molecule has 0 bridgehead atoms. The van der Waals surface area contributed by atoms with Crippen LogP contribution >= 0.6 is 0 Å². The fourth-order valence-electron chi connectivity index (χ4n) is 3.77. The number of amides is 1. The number of carbonyl (C=O) groups excluding carboxylic acids is 1. The average Bonchev–Trinajstić information content (AvgIpc) is 3.25. The molecule has 1 aliphatic heterocycles. The molecule has 1 saturated heterocycles. The highest BCUT2D eigenvalue weighted by molar-refractivity contribution is 5.84. The number of rotatable bonds is 8. The second-order valence-corrected chi connectivity index (χ2v) is 7.20. The maximum absolute atomic E-state index is 13.0. The lowest BCUT2D eigenvalue weighted by atomic mass is 9.85. The van der Waals surface area contributed by atoms with Crippen molar-refractivity contribution in [2.75, 3.05) is 33.4 Å². The van der Waals surface area contributed by atoms with Crippen molar-refractivity contribution < 1.29 is 9.53 Å². The van der Waals surface area contributed by atoms with Crippen molar-refractivity contribution in [1.29, 1.82) is 0 Å². The molecule has 146 valence electrons. The van der Waals surface area contributed by atoms with E-state index in [1.54, 1.807) is 19.6 Å². The van der Waals surface area contributed by atoms with Crippen molar-refractivity contribution in [3.63, 3.8) is 0 Å². The van der Waals surface area contributed by atoms with E-state index in [1.807, 2.05) is 10.8 Å². The molecular weight excluding hydrogens is 340 g/mol. The molecule has 1 N–H and O–H groups in total. The molecule has 0 atom stereocenters. The number of nitrogens with one attached hydrogen (secondary N) is 1. The molecule has 1 aromatic heterocycles. The summed E-state index contributed by atoms with van der Waals surface area (Å²) in [5.41, 5.74) is 2.13. The lowest BCUT2D eigenvalue weighted by molar-refractivity contribution is -0.132. The second kappa shape index (κ2) is 9.15. The fourth-order valence-corrected chi connectivity index (χ4v) is 3.77. The minimum absolute atomic E-state index is 0.0597. The van der Waals surface area contributed by atoms with Crippen LogP contribution in [0, 0.1) is 0 Å². The van der Waals surface area contributed by atoms with E-state index in [-0.39, 0.29) is 5.91 Å². The molecule has 2 aromatic rings. The molecule has 2 heterocycles. The Kier molecular flexibility index (Phi) is 6.63. The van der Waals surface area contributed by atoms with Crippen LogP contribution in [-0.2, 0) is 28.0 Å². The van der Waals surface area contributed by atoms with Crippen molar-refractivity contribution in [3.8, 4) is 0 Å². The van der Waals surface area contributed by atoms with Gasteiger partial charge >= 0.3 is 0 Å². The van der Waals surface area contributed by atoms with Crippen LogP contribution in [0.1, 0.15) is 30.9 Å². The van der Waals surface area contributed by atoms with Crippen molar-refractivity contribution in [1.82, 2.24) is 19.8 Å². The summed E-state index contributed by atoms with van der Waals surface area (Å²) in [6.45, 7) is 5.91. The van der Waals surface area contributed by atoms with Gasteiger partial charge in [-0.2, -0.15) is 0 Å². The summed E-state index contributed by atoms with van der Waals surface area (Å²) >= 11 is 0. The molecule has 1 aromatic carbocycles. The molecule has 0 spiro atoms. The first-order valence-electron chi connectivity index (χ1n) is 9.74. The summed E-state index contributed by atoms with van der Waals surface area (Å²) in [4.78, 5) is 19.6. The molecule has 3 rings (SSSR count). The van der Waals surface area contributed by atoms with Gasteiger partial charge < -0.3 is 14.6 Å². The Morgan fingerprint density at radius 2 is 1.93 bits per heavy atom. The van der Waals surface area contributed by atoms with E-state index < -0.39 is 5.54 Å². The SMILES string of the molecule is CCc1ccc(CN2CCC(C(=O)NCCOC)(n3ccnc3)CC2)cc1. The number of piperidine rings is 1. The predicted octanol–water partition coefficient (Wildman–Crippen LogP) is 2.20. The Labute approximate surface area is 161 Å². The molecule has 0 aliphatic carbocycles. The summed E-state index contributed by atoms with van der Waals surface area (Å²) in [6, 6.07) is 8.85. The van der Waals surface area contributed by atoms with Crippen molar-refractivity contribution in [2.24, 2.45) is 0 Å². The first-order chi connectivity index (χ1) is 13.2. The van der Waals surface area contributed by atoms with Gasteiger partial charge in [-0.15, -0.1) is 0 Å². The van der Waals surface area contributed by atoms with Crippen LogP contribution < -0.4 is 5.32 Å². The number of likely N-dealkylation sites (tertiary alicyclic amines) is 1. The van der Waals surface area contributed by atoms with Crippen LogP contribution in [0.5, 0.6) is 0 Å². The molecule has 0 radical (unpaired) electrons. The van der Waals surface area contributed by atoms with E-state index in [0.29, 0.717) is 13.2 Å². The summed E-state index contributed by atoms with van der Waals surface area (Å²) in [5, 5.41) is 3.03. The lowest BCUT2D eigenvalue weighted by Gasteiger charge is -2.41. The van der Waals surface area contributed by atoms with E-state index in [1.165, 1.54) is 11.1 Å². The highest BCUT2D eigenvalue weighted by atomic mass is 16.5. The van der Waals surface area contributed by atoms with Gasteiger partial charge in [0.2, 0.25) is 5.91 Å². The number of benzene rings is 1. The van der Waals surface area contributed by atoms with E-state index in [0.717, 1.165) is 38.9 Å². The van der Waals surface area contributed by atoms with Crippen molar-refractivity contribution >= 4 is 5.91 Å². The molecule has 1 aliphatic rings. The molecular formula is C21H30N4O2. The van der Waals surface area contributed by atoms with Crippen LogP contribution in [0.25, 0.3) is 0 Å². The Balaban J connectivity index is 1.65. The number of hydrogen-bond acceptors (Lipinski definition) is 4. The normalized spacial score (nSPS) is 17.0. The van der Waals surface area contributed by atoms with Crippen LogP contribution in [-0.4, -0.2) is 53.7 Å². The molecule has 6 nitrogen and oxygen atoms in total. The monoisotopic (exact) mass is 370 g/mol. The third kappa shape index (κ3) is 4.57. The first-order valence-corrected chi connectivity index (χ1v) is 9.74. The van der Waals surface area contributed by atoms with Gasteiger partial charge in [-0.25, -0.2) is 4.98 Å². The van der Waals surface area contributed by atoms with Gasteiger partial charge in [0.1, 0.15) is 5.54 Å². The number of hydrogen-bond donors (Lipinski definition) is 1. The highest BCUT2D eigenvalue weighted by Crippen LogP contribution is 2.31. The zero-order chi connectivity index (χ0) is 19.1. The van der Waals surface area contributed by atoms with E-state index >= 15 is 0 Å². The molecule has 0 saturated carbocycles. The van der Waals surface area contributed by atoms with Gasteiger partial charge in [-0.3, -0.25) is 9.69 Å². The summed E-state index contributed by atoms with van der Waals surface area (Å²) in [6.07, 6.45) is 8.01. The standard InChI is InChI=1S/C21H30N4O2/c1-3-18-4-6-19(7-5-18)16-24-12-8-21(9-13-24,25-14-10-22-17-25)20(26)23-11-15-27-2/h4-7,10,14,17H,3,8-9,11-13,15-16H2,1-2H3,(H,23,26). The Morgan fingerprint density at radius 1 is 1.22 bits per heavy atom. The minimum atomic E-state index is -0.563. The molecule has 6 heteroatoms. The number of carbonyl (C=O) groups is 1. The molecule has 27 heavy (non-hydrogen) atoms. The van der Waals surface area contributed by atoms with E-state index in [2.05, 4.69) is 46.4 Å². The largest absolute Gasteiger partial charge is 0.383 e. The molecule has 1 amide bonds. The zero-order valence-corrected chi connectivity index (χ0v) is 16.4. The Bertz CT molecular complexity index is 704. The number of ether oxygens (including phenoxy) is 1. The summed E-state index contributed by atoms with van der Waals surface area (Å²) in [5.74, 6) is 0.0597. The van der Waals surface area contributed by atoms with Gasteiger partial charge in [0.15, 0.2) is 0 Å². The Morgan fingerprint density at radius 3 is 2.52 bits per heavy atom. The molecule has 0 unspecified atom stereocenters. The minimum Gasteiger partial charge on any atom is -0.383 e. The molecule has 1 fully saturated rings. The van der Waals surface area contributed by atoms with Gasteiger partial charge in [0.05, 0.1) is 12.9 Å². The van der Waals surface area contributed by atoms with Gasteiger partial charge in [-0.1, -0.05) is 31.2 Å². The number of nitrogens with zero attached hydrogens (tertiary/aromatic N) is 3. The maximum Gasteiger partial charge on any atom is 0.246 e. The fraction of sp³-hybridized carbons (Fsp3) is 0.524. The second-order valence-electron chi connectivity index (χ2n) is 7.20. The Hall–Kier alpha value is -2.18. The lowest BCUT2D eigenvalue weighted by Crippen LogP contribution is -2.55. The topological polar surface area (TPSA) is 59.4 Å². The van der Waals surface area contributed by atoms with E-state index in [9.17, 15) is 4.79 Å². The number of methoxy groups -OCH3 is 1. The third-order valence-electron chi connectivity index (χ3n) is 5.53. The highest BCUT2D eigenvalue weighted by Gasteiger charge is 2.42. The van der Waals surface area contributed by atoms with Gasteiger partial charge in [0, 0.05) is 45.7 Å². The van der Waals surface area contributed by atoms with Crippen LogP contribution in [0.15, 0.2) is 43.0 Å². The number of imidazole rings is 1. The van der Waals surface area contributed by atoms with Crippen LogP contribution in [0.2, 0.25) is 0 Å². The van der Waals surface area contributed by atoms with Crippen LogP contribution in [0.4, 0.5) is 0 Å². The smallest absolute Gasteiger partial charge is 0.246 e. The number of aromatic nitrogens is 2. The summed E-state index contributed by atoms with van der Waals surface area (Å²) < 4.78 is 7.04. The third-order valence-corrected chi connectivity index (χ3v) is 5.53. The first kappa shape index (κ1) is 19.6. The maximum atomic E-state index is 13.0. The van der Waals surface area contributed by atoms with Gasteiger partial charge in [0.25, 0.3) is 0 Å². The van der Waals surface area contributed by atoms with E-state index in [4.69, 9.17) is 4.74 Å². The van der Waals surface area contributed by atoms with Crippen LogP contribution in [0.3, 0.4) is 0 Å². The zero-order valence-electron chi connectivity index (χ0n) is 16.4. The average molecular weight is 370 g/mol. The van der Waals surface area contributed by atoms with Crippen molar-refractivity contribution in [3.05, 3.63) is 54.1 Å². The quantitative estimate of drug-likeness (QED) is 0.724. The summed E-state index contributed by atoms with van der Waals surface area (Å²) in [7, 11) is 1.64. The van der Waals surface area contributed by atoms with Crippen molar-refractivity contribution in [2.45, 2.75) is 38.3 Å².